The molecular weight excluding hydrogens is 406 g/mol. The number of benzene rings is 3. The third-order valence-electron chi connectivity index (χ3n) is 5.70. The predicted molar refractivity (Wildman–Crippen MR) is 124 cm³/mol. The first-order valence-corrected chi connectivity index (χ1v) is 12.0. The standard InChI is InChI=1S/C25H27N3O2S/c1-3-28-20(2)24(18-26-28)19-27(16-15-21-9-5-4-6-10-21)31(29,30)25-14-13-22-11-7-8-12-23(22)17-25/h4-14,17-18H,3,15-16,19H2,1-2H3. The number of sulfonamides is 1. The Morgan fingerprint density at radius 1 is 0.935 bits per heavy atom. The zero-order valence-electron chi connectivity index (χ0n) is 17.9. The molecule has 1 heterocycles. The smallest absolute Gasteiger partial charge is 0.243 e. The second-order valence-corrected chi connectivity index (χ2v) is 9.59. The molecule has 0 bridgehead atoms. The van der Waals surface area contributed by atoms with E-state index in [1.165, 1.54) is 0 Å². The molecule has 0 N–H and O–H groups in total. The van der Waals surface area contributed by atoms with Crippen molar-refractivity contribution in [2.24, 2.45) is 0 Å². The van der Waals surface area contributed by atoms with Crippen molar-refractivity contribution in [1.29, 1.82) is 0 Å². The Hall–Kier alpha value is -2.96. The molecule has 0 spiro atoms. The molecule has 1 aromatic heterocycles. The van der Waals surface area contributed by atoms with Crippen LogP contribution in [0.5, 0.6) is 0 Å². The zero-order chi connectivity index (χ0) is 21.8. The molecule has 0 aliphatic rings. The summed E-state index contributed by atoms with van der Waals surface area (Å²) in [6, 6.07) is 23.1. The number of rotatable bonds is 8. The first-order chi connectivity index (χ1) is 15.0. The van der Waals surface area contributed by atoms with E-state index < -0.39 is 10.0 Å². The van der Waals surface area contributed by atoms with E-state index >= 15 is 0 Å². The molecule has 0 radical (unpaired) electrons. The number of aryl methyl sites for hydroxylation is 1. The fraction of sp³-hybridized carbons (Fsp3) is 0.240. The molecule has 31 heavy (non-hydrogen) atoms. The summed E-state index contributed by atoms with van der Waals surface area (Å²) in [6.45, 7) is 5.48. The third-order valence-corrected chi connectivity index (χ3v) is 7.54. The van der Waals surface area contributed by atoms with Gasteiger partial charge in [0.25, 0.3) is 0 Å². The highest BCUT2D eigenvalue weighted by Gasteiger charge is 2.26. The van der Waals surface area contributed by atoms with Gasteiger partial charge in [0.1, 0.15) is 0 Å². The molecule has 4 aromatic rings. The number of hydrogen-bond acceptors (Lipinski definition) is 3. The normalized spacial score (nSPS) is 12.0. The largest absolute Gasteiger partial charge is 0.270 e. The highest BCUT2D eigenvalue weighted by atomic mass is 32.2. The van der Waals surface area contributed by atoms with Crippen molar-refractivity contribution >= 4 is 20.8 Å². The Kier molecular flexibility index (Phi) is 6.20. The molecule has 3 aromatic carbocycles. The summed E-state index contributed by atoms with van der Waals surface area (Å²) in [6.07, 6.45) is 2.43. The van der Waals surface area contributed by atoms with Gasteiger partial charge in [-0.3, -0.25) is 4.68 Å². The maximum absolute atomic E-state index is 13.7. The number of nitrogens with zero attached hydrogens (tertiary/aromatic N) is 3. The summed E-state index contributed by atoms with van der Waals surface area (Å²) in [5.41, 5.74) is 3.04. The summed E-state index contributed by atoms with van der Waals surface area (Å²) in [7, 11) is -3.68. The van der Waals surface area contributed by atoms with E-state index in [0.29, 0.717) is 24.4 Å². The summed E-state index contributed by atoms with van der Waals surface area (Å²) >= 11 is 0. The maximum Gasteiger partial charge on any atom is 0.243 e. The maximum atomic E-state index is 13.7. The number of hydrogen-bond donors (Lipinski definition) is 0. The lowest BCUT2D eigenvalue weighted by atomic mass is 10.1. The van der Waals surface area contributed by atoms with Crippen LogP contribution in [0.1, 0.15) is 23.7 Å². The van der Waals surface area contributed by atoms with Gasteiger partial charge in [-0.15, -0.1) is 0 Å². The molecular formula is C25H27N3O2S. The Balaban J connectivity index is 1.69. The minimum atomic E-state index is -3.68. The van der Waals surface area contributed by atoms with Gasteiger partial charge in [-0.05, 0) is 48.7 Å². The van der Waals surface area contributed by atoms with E-state index in [1.807, 2.05) is 79.2 Å². The number of aromatic nitrogens is 2. The molecule has 0 aliphatic heterocycles. The Bertz CT molecular complexity index is 1280. The van der Waals surface area contributed by atoms with Crippen molar-refractivity contribution in [2.45, 2.75) is 38.3 Å². The lowest BCUT2D eigenvalue weighted by molar-refractivity contribution is 0.408. The lowest BCUT2D eigenvalue weighted by Crippen LogP contribution is -2.32. The van der Waals surface area contributed by atoms with Crippen molar-refractivity contribution in [3.8, 4) is 0 Å². The highest BCUT2D eigenvalue weighted by Crippen LogP contribution is 2.24. The highest BCUT2D eigenvalue weighted by molar-refractivity contribution is 7.89. The van der Waals surface area contributed by atoms with Gasteiger partial charge in [0, 0.05) is 30.9 Å². The fourth-order valence-electron chi connectivity index (χ4n) is 3.81. The molecule has 5 nitrogen and oxygen atoms in total. The Morgan fingerprint density at radius 2 is 1.65 bits per heavy atom. The Labute approximate surface area is 184 Å². The van der Waals surface area contributed by atoms with Crippen molar-refractivity contribution in [1.82, 2.24) is 14.1 Å². The van der Waals surface area contributed by atoms with Gasteiger partial charge in [-0.2, -0.15) is 9.40 Å². The van der Waals surface area contributed by atoms with Crippen molar-refractivity contribution in [3.63, 3.8) is 0 Å². The summed E-state index contributed by atoms with van der Waals surface area (Å²) in [4.78, 5) is 0.319. The average molecular weight is 434 g/mol. The molecule has 0 unspecified atom stereocenters. The van der Waals surface area contributed by atoms with Gasteiger partial charge < -0.3 is 0 Å². The zero-order valence-corrected chi connectivity index (χ0v) is 18.7. The quantitative estimate of drug-likeness (QED) is 0.401. The van der Waals surface area contributed by atoms with Gasteiger partial charge in [0.05, 0.1) is 11.1 Å². The summed E-state index contributed by atoms with van der Waals surface area (Å²) in [5.74, 6) is 0. The molecule has 0 amide bonds. The van der Waals surface area contributed by atoms with Gasteiger partial charge >= 0.3 is 0 Å². The van der Waals surface area contributed by atoms with Gasteiger partial charge in [0.15, 0.2) is 0 Å². The summed E-state index contributed by atoms with van der Waals surface area (Å²) < 4.78 is 30.8. The topological polar surface area (TPSA) is 55.2 Å². The van der Waals surface area contributed by atoms with Crippen LogP contribution in [0.25, 0.3) is 10.8 Å². The monoisotopic (exact) mass is 433 g/mol. The molecule has 0 saturated heterocycles. The first-order valence-electron chi connectivity index (χ1n) is 10.5. The van der Waals surface area contributed by atoms with Crippen LogP contribution in [0.4, 0.5) is 0 Å². The van der Waals surface area contributed by atoms with Crippen molar-refractivity contribution in [3.05, 3.63) is 95.8 Å². The van der Waals surface area contributed by atoms with E-state index in [2.05, 4.69) is 5.10 Å². The molecule has 0 fully saturated rings. The third kappa shape index (κ3) is 4.55. The average Bonchev–Trinajstić information content (AvgIpc) is 3.16. The van der Waals surface area contributed by atoms with Crippen LogP contribution in [0, 0.1) is 6.92 Å². The molecule has 0 atom stereocenters. The number of fused-ring (bicyclic) bond motifs is 1. The van der Waals surface area contributed by atoms with Crippen LogP contribution >= 0.6 is 0 Å². The van der Waals surface area contributed by atoms with E-state index in [0.717, 1.165) is 34.1 Å². The van der Waals surface area contributed by atoms with E-state index in [9.17, 15) is 8.42 Å². The second-order valence-electron chi connectivity index (χ2n) is 7.65. The van der Waals surface area contributed by atoms with Crippen molar-refractivity contribution in [2.75, 3.05) is 6.54 Å². The fourth-order valence-corrected chi connectivity index (χ4v) is 5.26. The molecule has 160 valence electrons. The molecule has 6 heteroatoms. The van der Waals surface area contributed by atoms with Crippen LogP contribution < -0.4 is 0 Å². The first kappa shape index (κ1) is 21.3. The van der Waals surface area contributed by atoms with Crippen molar-refractivity contribution < 1.29 is 8.42 Å². The van der Waals surface area contributed by atoms with Crippen LogP contribution in [-0.4, -0.2) is 29.0 Å². The van der Waals surface area contributed by atoms with Gasteiger partial charge in [-0.25, -0.2) is 8.42 Å². The van der Waals surface area contributed by atoms with E-state index in [4.69, 9.17) is 0 Å². The van der Waals surface area contributed by atoms with Crippen LogP contribution in [-0.2, 0) is 29.5 Å². The molecule has 0 saturated carbocycles. The Morgan fingerprint density at radius 3 is 2.35 bits per heavy atom. The van der Waals surface area contributed by atoms with Crippen LogP contribution in [0.3, 0.4) is 0 Å². The lowest BCUT2D eigenvalue weighted by Gasteiger charge is -2.22. The minimum absolute atomic E-state index is 0.299. The van der Waals surface area contributed by atoms with Crippen LogP contribution in [0.2, 0.25) is 0 Å². The SMILES string of the molecule is CCn1ncc(CN(CCc2ccccc2)S(=O)(=O)c2ccc3ccccc3c2)c1C. The molecule has 0 aliphatic carbocycles. The predicted octanol–water partition coefficient (Wildman–Crippen LogP) is 4.80. The van der Waals surface area contributed by atoms with E-state index in [-0.39, 0.29) is 0 Å². The summed E-state index contributed by atoms with van der Waals surface area (Å²) in [5, 5.41) is 6.34. The second kappa shape index (κ2) is 9.04. The van der Waals surface area contributed by atoms with Crippen LogP contribution in [0.15, 0.2) is 83.9 Å². The van der Waals surface area contributed by atoms with Gasteiger partial charge in [0.2, 0.25) is 10.0 Å². The minimum Gasteiger partial charge on any atom is -0.270 e. The van der Waals surface area contributed by atoms with E-state index in [1.54, 1.807) is 22.6 Å². The van der Waals surface area contributed by atoms with Gasteiger partial charge in [-0.1, -0.05) is 60.7 Å². The molecule has 4 rings (SSSR count).